The van der Waals surface area contributed by atoms with E-state index >= 15 is 0 Å². The summed E-state index contributed by atoms with van der Waals surface area (Å²) in [6, 6.07) is 17.3. The van der Waals surface area contributed by atoms with Gasteiger partial charge in [0.15, 0.2) is 11.5 Å². The summed E-state index contributed by atoms with van der Waals surface area (Å²) in [5.41, 5.74) is 2.47. The Morgan fingerprint density at radius 1 is 0.974 bits per heavy atom. The average Bonchev–Trinajstić information content (AvgIpc) is 3.59. The van der Waals surface area contributed by atoms with Gasteiger partial charge in [-0.25, -0.2) is 9.59 Å². The predicted molar refractivity (Wildman–Crippen MR) is 145 cm³/mol. The first kappa shape index (κ1) is 29.0. The Morgan fingerprint density at radius 2 is 1.63 bits per heavy atom. The number of nitrogens with zero attached hydrogens (tertiary/aromatic N) is 2. The monoisotopic (exact) mass is 526 g/mol. The number of fused-ring (bicyclic) bond motifs is 1. The highest BCUT2D eigenvalue weighted by Crippen LogP contribution is 2.36. The lowest BCUT2D eigenvalue weighted by Gasteiger charge is -2.34. The van der Waals surface area contributed by atoms with Crippen LogP contribution in [0.2, 0.25) is 0 Å². The lowest BCUT2D eigenvalue weighted by Crippen LogP contribution is -2.45. The van der Waals surface area contributed by atoms with Gasteiger partial charge in [0.25, 0.3) is 0 Å². The fourth-order valence-electron chi connectivity index (χ4n) is 4.36. The Balaban J connectivity index is 0.000000436. The second kappa shape index (κ2) is 15.0. The Labute approximate surface area is 224 Å². The topological polar surface area (TPSA) is 109 Å². The second-order valence-electron chi connectivity index (χ2n) is 9.74. The lowest BCUT2D eigenvalue weighted by atomic mass is 10.1. The first-order valence-electron chi connectivity index (χ1n) is 13.0. The van der Waals surface area contributed by atoms with Crippen molar-refractivity contribution < 1.29 is 34.0 Å². The summed E-state index contributed by atoms with van der Waals surface area (Å²) in [5.74, 6) is -0.299. The lowest BCUT2D eigenvalue weighted by molar-refractivity contribution is -0.134. The van der Waals surface area contributed by atoms with Crippen molar-refractivity contribution in [2.45, 2.75) is 39.3 Å². The fourth-order valence-corrected chi connectivity index (χ4v) is 4.36. The number of hydrogen-bond donors (Lipinski definition) is 2. The Bertz CT molecular complexity index is 1040. The van der Waals surface area contributed by atoms with E-state index in [1.54, 1.807) is 0 Å². The summed E-state index contributed by atoms with van der Waals surface area (Å²) in [6.45, 7) is 10.4. The Hall–Kier alpha value is -3.56. The smallest absolute Gasteiger partial charge is 0.328 e. The normalized spacial score (nSPS) is 15.3. The van der Waals surface area contributed by atoms with E-state index in [1.165, 1.54) is 18.4 Å². The van der Waals surface area contributed by atoms with Crippen LogP contribution in [-0.4, -0.2) is 72.7 Å². The molecule has 9 heteroatoms. The molecule has 0 bridgehead atoms. The van der Waals surface area contributed by atoms with Crippen molar-refractivity contribution >= 4 is 17.6 Å². The summed E-state index contributed by atoms with van der Waals surface area (Å²) >= 11 is 0. The first-order valence-corrected chi connectivity index (χ1v) is 13.0. The van der Waals surface area contributed by atoms with Gasteiger partial charge in [0.1, 0.15) is 0 Å². The minimum absolute atomic E-state index is 0.302. The molecular formula is C29H38N2O7. The number of carbonyl (C=O) groups is 2. The number of hydrogen-bond acceptors (Lipinski definition) is 7. The van der Waals surface area contributed by atoms with E-state index in [0.29, 0.717) is 30.9 Å². The van der Waals surface area contributed by atoms with Crippen LogP contribution in [0.15, 0.2) is 60.7 Å². The summed E-state index contributed by atoms with van der Waals surface area (Å²) in [4.78, 5) is 24.2. The van der Waals surface area contributed by atoms with Gasteiger partial charge in [0, 0.05) is 43.6 Å². The molecule has 206 valence electrons. The van der Waals surface area contributed by atoms with E-state index in [4.69, 9.17) is 24.4 Å². The van der Waals surface area contributed by atoms with E-state index in [9.17, 15) is 9.59 Å². The quantitative estimate of drug-likeness (QED) is 0.392. The number of aliphatic carboxylic acids is 2. The van der Waals surface area contributed by atoms with Crippen LogP contribution < -0.4 is 14.4 Å². The van der Waals surface area contributed by atoms with E-state index in [-0.39, 0.29) is 0 Å². The number of carboxylic acid groups (broad SMARTS) is 2. The molecule has 1 atom stereocenters. The van der Waals surface area contributed by atoms with Crippen LogP contribution in [-0.2, 0) is 20.9 Å². The minimum atomic E-state index is -1.26. The van der Waals surface area contributed by atoms with Crippen LogP contribution in [0.1, 0.15) is 32.3 Å². The molecule has 0 amide bonds. The molecule has 4 rings (SSSR count). The number of benzene rings is 2. The minimum Gasteiger partial charge on any atom is -0.478 e. The Morgan fingerprint density at radius 3 is 2.26 bits per heavy atom. The molecule has 2 aromatic carbocycles. The van der Waals surface area contributed by atoms with Gasteiger partial charge in [-0.2, -0.15) is 0 Å². The van der Waals surface area contributed by atoms with Crippen LogP contribution in [0.25, 0.3) is 0 Å². The molecule has 2 aliphatic heterocycles. The molecule has 0 aliphatic carbocycles. The standard InChI is InChI=1S/C25H34N2O3.C4H4O4/c1-20(2)17-28-18-23(26-12-6-7-13-26)16-27(15-21-8-4-3-5-9-21)22-10-11-24-25(14-22)30-19-29-24;5-3(6)1-2-4(7)8/h3-5,8-11,14,20,23H,6-7,12-13,15-19H2,1-2H3;1-2H,(H,5,6)(H,7,8)/b;2-1-. The van der Waals surface area contributed by atoms with Crippen molar-refractivity contribution in [2.75, 3.05) is 44.5 Å². The van der Waals surface area contributed by atoms with Gasteiger partial charge in [0.2, 0.25) is 6.79 Å². The predicted octanol–water partition coefficient (Wildman–Crippen LogP) is 4.27. The molecular weight excluding hydrogens is 488 g/mol. The van der Waals surface area contributed by atoms with Crippen molar-refractivity contribution in [3.8, 4) is 11.5 Å². The van der Waals surface area contributed by atoms with Crippen LogP contribution in [0, 0.1) is 5.92 Å². The number of anilines is 1. The molecule has 0 radical (unpaired) electrons. The number of rotatable bonds is 12. The van der Waals surface area contributed by atoms with Crippen molar-refractivity contribution in [2.24, 2.45) is 5.92 Å². The van der Waals surface area contributed by atoms with Gasteiger partial charge in [-0.3, -0.25) is 4.90 Å². The van der Waals surface area contributed by atoms with Crippen molar-refractivity contribution in [3.05, 3.63) is 66.2 Å². The highest BCUT2D eigenvalue weighted by molar-refractivity contribution is 5.89. The van der Waals surface area contributed by atoms with Gasteiger partial charge < -0.3 is 29.3 Å². The van der Waals surface area contributed by atoms with Gasteiger partial charge in [-0.1, -0.05) is 44.2 Å². The third-order valence-electron chi connectivity index (χ3n) is 6.16. The maximum Gasteiger partial charge on any atom is 0.328 e. The van der Waals surface area contributed by atoms with E-state index in [1.807, 2.05) is 6.07 Å². The zero-order valence-electron chi connectivity index (χ0n) is 22.1. The molecule has 1 fully saturated rings. The van der Waals surface area contributed by atoms with Crippen LogP contribution in [0.5, 0.6) is 11.5 Å². The van der Waals surface area contributed by atoms with E-state index < -0.39 is 11.9 Å². The van der Waals surface area contributed by atoms with Gasteiger partial charge in [0.05, 0.1) is 12.6 Å². The number of carboxylic acids is 2. The van der Waals surface area contributed by atoms with Crippen LogP contribution in [0.4, 0.5) is 5.69 Å². The van der Waals surface area contributed by atoms with Gasteiger partial charge in [-0.15, -0.1) is 0 Å². The maximum absolute atomic E-state index is 9.55. The molecule has 0 aromatic heterocycles. The molecule has 2 aliphatic rings. The van der Waals surface area contributed by atoms with Gasteiger partial charge >= 0.3 is 11.9 Å². The summed E-state index contributed by atoms with van der Waals surface area (Å²) in [7, 11) is 0. The van der Waals surface area contributed by atoms with E-state index in [2.05, 4.69) is 66.1 Å². The highest BCUT2D eigenvalue weighted by atomic mass is 16.7. The van der Waals surface area contributed by atoms with E-state index in [0.717, 1.165) is 56.6 Å². The van der Waals surface area contributed by atoms with Gasteiger partial charge in [-0.05, 0) is 49.5 Å². The summed E-state index contributed by atoms with van der Waals surface area (Å²) in [6.07, 6.45) is 3.68. The molecule has 2 aromatic rings. The molecule has 9 nitrogen and oxygen atoms in total. The largest absolute Gasteiger partial charge is 0.478 e. The number of likely N-dealkylation sites (tertiary alicyclic amines) is 1. The second-order valence-corrected chi connectivity index (χ2v) is 9.74. The highest BCUT2D eigenvalue weighted by Gasteiger charge is 2.26. The maximum atomic E-state index is 9.55. The van der Waals surface area contributed by atoms with Crippen molar-refractivity contribution in [3.63, 3.8) is 0 Å². The third-order valence-corrected chi connectivity index (χ3v) is 6.16. The Kier molecular flexibility index (Phi) is 11.4. The molecule has 1 unspecified atom stereocenters. The molecule has 1 saturated heterocycles. The molecule has 0 spiro atoms. The fraction of sp³-hybridized carbons (Fsp3) is 0.448. The first-order chi connectivity index (χ1) is 18.3. The molecule has 2 heterocycles. The summed E-state index contributed by atoms with van der Waals surface area (Å²) < 4.78 is 17.3. The molecule has 2 N–H and O–H groups in total. The zero-order chi connectivity index (χ0) is 27.3. The van der Waals surface area contributed by atoms with Crippen LogP contribution in [0.3, 0.4) is 0 Å². The van der Waals surface area contributed by atoms with Crippen molar-refractivity contribution in [1.82, 2.24) is 4.90 Å². The zero-order valence-corrected chi connectivity index (χ0v) is 22.1. The van der Waals surface area contributed by atoms with Crippen LogP contribution >= 0.6 is 0 Å². The SMILES string of the molecule is CC(C)COCC(CN(Cc1ccccc1)c1ccc2c(c1)OCO2)N1CCCC1.O=C(O)/C=C\C(=O)O. The third kappa shape index (κ3) is 9.72. The molecule has 0 saturated carbocycles. The number of ether oxygens (including phenoxy) is 3. The van der Waals surface area contributed by atoms with Crippen molar-refractivity contribution in [1.29, 1.82) is 0 Å². The molecule has 38 heavy (non-hydrogen) atoms. The average molecular weight is 527 g/mol. The summed E-state index contributed by atoms with van der Waals surface area (Å²) in [5, 5.41) is 15.6.